The van der Waals surface area contributed by atoms with E-state index in [1.54, 1.807) is 12.1 Å². The number of ether oxygens (including phenoxy) is 1. The van der Waals surface area contributed by atoms with E-state index >= 15 is 0 Å². The van der Waals surface area contributed by atoms with E-state index in [4.69, 9.17) is 4.74 Å². The maximum atomic E-state index is 12.5. The van der Waals surface area contributed by atoms with Crippen molar-refractivity contribution in [2.24, 2.45) is 0 Å². The van der Waals surface area contributed by atoms with Crippen LogP contribution in [-0.2, 0) is 5.41 Å². The highest BCUT2D eigenvalue weighted by atomic mass is 19.3. The Bertz CT molecular complexity index is 420. The molecule has 0 fully saturated rings. The van der Waals surface area contributed by atoms with Gasteiger partial charge in [-0.05, 0) is 23.1 Å². The number of benzene rings is 1. The Labute approximate surface area is 99.6 Å². The summed E-state index contributed by atoms with van der Waals surface area (Å²) in [7, 11) is 1.36. The van der Waals surface area contributed by atoms with Crippen molar-refractivity contribution in [1.29, 1.82) is 0 Å². The van der Waals surface area contributed by atoms with Crippen LogP contribution >= 0.6 is 0 Å². The number of rotatable bonds is 3. The fraction of sp³-hybridized carbons (Fsp3) is 0.462. The Morgan fingerprint density at radius 1 is 1.29 bits per heavy atom. The first-order chi connectivity index (χ1) is 7.77. The Hall–Kier alpha value is -1.45. The van der Waals surface area contributed by atoms with Crippen LogP contribution in [0.4, 0.5) is 8.78 Å². The topological polar surface area (TPSA) is 26.3 Å². The van der Waals surface area contributed by atoms with E-state index in [1.807, 2.05) is 20.8 Å². The summed E-state index contributed by atoms with van der Waals surface area (Å²) in [4.78, 5) is 11.4. The molecule has 0 radical (unpaired) electrons. The van der Waals surface area contributed by atoms with Gasteiger partial charge in [0.05, 0.1) is 12.7 Å². The summed E-state index contributed by atoms with van der Waals surface area (Å²) in [6.45, 7) is 5.85. The lowest BCUT2D eigenvalue weighted by Crippen LogP contribution is -2.16. The van der Waals surface area contributed by atoms with Crippen molar-refractivity contribution in [1.82, 2.24) is 0 Å². The van der Waals surface area contributed by atoms with E-state index < -0.39 is 12.2 Å². The van der Waals surface area contributed by atoms with Crippen LogP contribution in [0.15, 0.2) is 18.2 Å². The standard InChI is InChI=1S/C13H16F2O2/c1-13(2,3)8-5-6-10(17-4)9(7-8)11(16)12(14)15/h5-7,12H,1-4H3. The molecule has 0 saturated heterocycles. The third-order valence-corrected chi connectivity index (χ3v) is 2.53. The van der Waals surface area contributed by atoms with E-state index in [0.717, 1.165) is 5.56 Å². The Balaban J connectivity index is 3.30. The Morgan fingerprint density at radius 3 is 2.29 bits per heavy atom. The smallest absolute Gasteiger partial charge is 0.300 e. The fourth-order valence-corrected chi connectivity index (χ4v) is 1.48. The highest BCUT2D eigenvalue weighted by molar-refractivity contribution is 6.01. The zero-order chi connectivity index (χ0) is 13.2. The zero-order valence-electron chi connectivity index (χ0n) is 10.4. The molecule has 0 saturated carbocycles. The molecule has 0 aliphatic heterocycles. The minimum Gasteiger partial charge on any atom is -0.496 e. The molecule has 1 rings (SSSR count). The largest absolute Gasteiger partial charge is 0.496 e. The number of methoxy groups -OCH3 is 1. The molecule has 1 aromatic carbocycles. The average molecular weight is 242 g/mol. The summed E-state index contributed by atoms with van der Waals surface area (Å²) in [6.07, 6.45) is -3.01. The number of carbonyl (C=O) groups excluding carboxylic acids is 1. The summed E-state index contributed by atoms with van der Waals surface area (Å²) in [5, 5.41) is 0. The second kappa shape index (κ2) is 4.82. The SMILES string of the molecule is COc1ccc(C(C)(C)C)cc1C(=O)C(F)F. The average Bonchev–Trinajstić information content (AvgIpc) is 2.25. The maximum absolute atomic E-state index is 12.5. The third-order valence-electron chi connectivity index (χ3n) is 2.53. The van der Waals surface area contributed by atoms with Crippen LogP contribution in [-0.4, -0.2) is 19.3 Å². The van der Waals surface area contributed by atoms with Gasteiger partial charge in [-0.1, -0.05) is 26.8 Å². The summed E-state index contributed by atoms with van der Waals surface area (Å²) in [6, 6.07) is 4.81. The number of halogens is 2. The molecule has 0 atom stereocenters. The minimum absolute atomic E-state index is 0.0603. The summed E-state index contributed by atoms with van der Waals surface area (Å²) >= 11 is 0. The molecule has 0 amide bonds. The van der Waals surface area contributed by atoms with E-state index in [0.29, 0.717) is 0 Å². The van der Waals surface area contributed by atoms with E-state index in [9.17, 15) is 13.6 Å². The molecular formula is C13H16F2O2. The second-order valence-corrected chi connectivity index (χ2v) is 4.83. The van der Waals surface area contributed by atoms with Gasteiger partial charge in [0, 0.05) is 0 Å². The van der Waals surface area contributed by atoms with Gasteiger partial charge in [0.1, 0.15) is 5.75 Å². The highest BCUT2D eigenvalue weighted by Gasteiger charge is 2.24. The third kappa shape index (κ3) is 3.02. The van der Waals surface area contributed by atoms with Crippen molar-refractivity contribution in [3.8, 4) is 5.75 Å². The van der Waals surface area contributed by atoms with Crippen molar-refractivity contribution in [2.75, 3.05) is 7.11 Å². The lowest BCUT2D eigenvalue weighted by Gasteiger charge is -2.20. The van der Waals surface area contributed by atoms with Crippen molar-refractivity contribution < 1.29 is 18.3 Å². The van der Waals surface area contributed by atoms with Gasteiger partial charge in [-0.2, -0.15) is 0 Å². The van der Waals surface area contributed by atoms with Gasteiger partial charge < -0.3 is 4.74 Å². The van der Waals surface area contributed by atoms with Gasteiger partial charge in [0.2, 0.25) is 5.78 Å². The van der Waals surface area contributed by atoms with Crippen molar-refractivity contribution >= 4 is 5.78 Å². The highest BCUT2D eigenvalue weighted by Crippen LogP contribution is 2.29. The first kappa shape index (κ1) is 13.6. The van der Waals surface area contributed by atoms with Crippen molar-refractivity contribution in [2.45, 2.75) is 32.6 Å². The minimum atomic E-state index is -3.01. The van der Waals surface area contributed by atoms with Crippen LogP contribution in [0.2, 0.25) is 0 Å². The van der Waals surface area contributed by atoms with Crippen LogP contribution in [0.3, 0.4) is 0 Å². The maximum Gasteiger partial charge on any atom is 0.300 e. The van der Waals surface area contributed by atoms with Crippen LogP contribution < -0.4 is 4.74 Å². The van der Waals surface area contributed by atoms with E-state index in [-0.39, 0.29) is 16.7 Å². The molecule has 0 aliphatic rings. The number of hydrogen-bond donors (Lipinski definition) is 0. The van der Waals surface area contributed by atoms with Gasteiger partial charge in [-0.3, -0.25) is 4.79 Å². The second-order valence-electron chi connectivity index (χ2n) is 4.83. The predicted molar refractivity (Wildman–Crippen MR) is 62.0 cm³/mol. The Kier molecular flexibility index (Phi) is 3.86. The number of Topliss-reactive ketones (excluding diaryl/α,β-unsaturated/α-hetero) is 1. The molecule has 0 aliphatic carbocycles. The van der Waals surface area contributed by atoms with E-state index in [1.165, 1.54) is 13.2 Å². The zero-order valence-corrected chi connectivity index (χ0v) is 10.4. The van der Waals surface area contributed by atoms with Crippen molar-refractivity contribution in [3.63, 3.8) is 0 Å². The fourth-order valence-electron chi connectivity index (χ4n) is 1.48. The molecule has 0 heterocycles. The van der Waals surface area contributed by atoms with Gasteiger partial charge in [0.25, 0.3) is 0 Å². The van der Waals surface area contributed by atoms with Gasteiger partial charge in [-0.25, -0.2) is 8.78 Å². The molecule has 0 bridgehead atoms. The first-order valence-electron chi connectivity index (χ1n) is 5.28. The number of ketones is 1. The normalized spacial score (nSPS) is 11.7. The lowest BCUT2D eigenvalue weighted by atomic mass is 9.85. The molecule has 2 nitrogen and oxygen atoms in total. The Morgan fingerprint density at radius 2 is 1.88 bits per heavy atom. The molecule has 0 aromatic heterocycles. The quantitative estimate of drug-likeness (QED) is 0.759. The number of hydrogen-bond acceptors (Lipinski definition) is 2. The monoisotopic (exact) mass is 242 g/mol. The predicted octanol–water partition coefficient (Wildman–Crippen LogP) is 3.44. The summed E-state index contributed by atoms with van der Waals surface area (Å²) in [5.74, 6) is -1.02. The molecule has 0 N–H and O–H groups in total. The molecule has 0 spiro atoms. The van der Waals surface area contributed by atoms with Gasteiger partial charge in [0.15, 0.2) is 0 Å². The van der Waals surface area contributed by atoms with Crippen LogP contribution in [0.5, 0.6) is 5.75 Å². The van der Waals surface area contributed by atoms with Crippen LogP contribution in [0.1, 0.15) is 36.7 Å². The number of carbonyl (C=O) groups is 1. The molecule has 17 heavy (non-hydrogen) atoms. The molecule has 4 heteroatoms. The lowest BCUT2D eigenvalue weighted by molar-refractivity contribution is 0.0675. The van der Waals surface area contributed by atoms with Crippen LogP contribution in [0.25, 0.3) is 0 Å². The molecule has 94 valence electrons. The summed E-state index contributed by atoms with van der Waals surface area (Å²) in [5.41, 5.74) is 0.556. The van der Waals surface area contributed by atoms with Crippen molar-refractivity contribution in [3.05, 3.63) is 29.3 Å². The molecular weight excluding hydrogens is 226 g/mol. The van der Waals surface area contributed by atoms with Gasteiger partial charge in [-0.15, -0.1) is 0 Å². The van der Waals surface area contributed by atoms with Gasteiger partial charge >= 0.3 is 6.43 Å². The number of alkyl halides is 2. The molecule has 1 aromatic rings. The van der Waals surface area contributed by atoms with E-state index in [2.05, 4.69) is 0 Å². The first-order valence-corrected chi connectivity index (χ1v) is 5.28. The summed E-state index contributed by atoms with van der Waals surface area (Å²) < 4.78 is 29.8. The molecule has 0 unspecified atom stereocenters. The van der Waals surface area contributed by atoms with Crippen LogP contribution in [0, 0.1) is 0 Å².